The Kier molecular flexibility index (Phi) is 2.52. The summed E-state index contributed by atoms with van der Waals surface area (Å²) in [5.41, 5.74) is 1.94. The highest BCUT2D eigenvalue weighted by molar-refractivity contribution is 5.81. The second-order valence-corrected chi connectivity index (χ2v) is 3.43. The number of pyridine rings is 1. The molecule has 2 aromatic rings. The number of benzene rings is 1. The fourth-order valence-electron chi connectivity index (χ4n) is 1.53. The van der Waals surface area contributed by atoms with Gasteiger partial charge in [-0.1, -0.05) is 6.07 Å². The van der Waals surface area contributed by atoms with Crippen molar-refractivity contribution in [1.29, 1.82) is 5.26 Å². The molecular weight excluding hydrogens is 204 g/mol. The normalized spacial score (nSPS) is 9.94. The SMILES string of the molecule is N#Cc1cnc2ccc(CC(=O)O)cc2c1. The van der Waals surface area contributed by atoms with Crippen LogP contribution in [0.4, 0.5) is 0 Å². The summed E-state index contributed by atoms with van der Waals surface area (Å²) in [5.74, 6) is -0.872. The monoisotopic (exact) mass is 212 g/mol. The first kappa shape index (κ1) is 10.1. The van der Waals surface area contributed by atoms with Crippen LogP contribution in [0.25, 0.3) is 10.9 Å². The van der Waals surface area contributed by atoms with E-state index in [1.807, 2.05) is 6.07 Å². The molecule has 0 unspecified atom stereocenters. The Morgan fingerprint density at radius 3 is 2.94 bits per heavy atom. The molecule has 0 aliphatic rings. The van der Waals surface area contributed by atoms with E-state index in [-0.39, 0.29) is 6.42 Å². The molecule has 0 bridgehead atoms. The van der Waals surface area contributed by atoms with Gasteiger partial charge in [-0.2, -0.15) is 5.26 Å². The van der Waals surface area contributed by atoms with E-state index in [2.05, 4.69) is 4.98 Å². The van der Waals surface area contributed by atoms with Gasteiger partial charge < -0.3 is 5.11 Å². The molecule has 78 valence electrons. The van der Waals surface area contributed by atoms with E-state index >= 15 is 0 Å². The van der Waals surface area contributed by atoms with Gasteiger partial charge in [-0.25, -0.2) is 0 Å². The predicted molar refractivity (Wildman–Crippen MR) is 57.8 cm³/mol. The summed E-state index contributed by atoms with van der Waals surface area (Å²) in [4.78, 5) is 14.7. The van der Waals surface area contributed by atoms with Crippen molar-refractivity contribution in [3.05, 3.63) is 41.6 Å². The van der Waals surface area contributed by atoms with Crippen LogP contribution in [0.3, 0.4) is 0 Å². The van der Waals surface area contributed by atoms with Crippen molar-refractivity contribution >= 4 is 16.9 Å². The second kappa shape index (κ2) is 3.99. The molecule has 4 nitrogen and oxygen atoms in total. The molecule has 4 heteroatoms. The van der Waals surface area contributed by atoms with Crippen LogP contribution in [0.5, 0.6) is 0 Å². The number of hydrogen-bond donors (Lipinski definition) is 1. The van der Waals surface area contributed by atoms with Crippen molar-refractivity contribution in [3.63, 3.8) is 0 Å². The summed E-state index contributed by atoms with van der Waals surface area (Å²) in [5, 5.41) is 18.2. The number of fused-ring (bicyclic) bond motifs is 1. The molecule has 16 heavy (non-hydrogen) atoms. The number of aliphatic carboxylic acids is 1. The summed E-state index contributed by atoms with van der Waals surface area (Å²) in [6.07, 6.45) is 1.48. The number of carbonyl (C=O) groups is 1. The molecule has 0 saturated carbocycles. The van der Waals surface area contributed by atoms with Crippen molar-refractivity contribution in [1.82, 2.24) is 4.98 Å². The minimum absolute atomic E-state index is 0.0211. The fourth-order valence-corrected chi connectivity index (χ4v) is 1.53. The highest BCUT2D eigenvalue weighted by atomic mass is 16.4. The number of nitrogens with zero attached hydrogens (tertiary/aromatic N) is 2. The molecule has 2 rings (SSSR count). The minimum Gasteiger partial charge on any atom is -0.481 e. The third-order valence-corrected chi connectivity index (χ3v) is 2.23. The summed E-state index contributed by atoms with van der Waals surface area (Å²) in [7, 11) is 0. The lowest BCUT2D eigenvalue weighted by atomic mass is 10.1. The molecule has 0 radical (unpaired) electrons. The van der Waals surface area contributed by atoms with Crippen molar-refractivity contribution in [2.24, 2.45) is 0 Å². The highest BCUT2D eigenvalue weighted by Gasteiger charge is 2.03. The van der Waals surface area contributed by atoms with E-state index in [0.29, 0.717) is 11.1 Å². The van der Waals surface area contributed by atoms with Gasteiger partial charge >= 0.3 is 5.97 Å². The van der Waals surface area contributed by atoms with Crippen LogP contribution < -0.4 is 0 Å². The van der Waals surface area contributed by atoms with Gasteiger partial charge in [-0.3, -0.25) is 9.78 Å². The van der Waals surface area contributed by atoms with Gasteiger partial charge in [0, 0.05) is 11.6 Å². The van der Waals surface area contributed by atoms with Crippen LogP contribution >= 0.6 is 0 Å². The Balaban J connectivity index is 2.51. The van der Waals surface area contributed by atoms with Crippen molar-refractivity contribution in [2.75, 3.05) is 0 Å². The average molecular weight is 212 g/mol. The van der Waals surface area contributed by atoms with Crippen LogP contribution in [-0.2, 0) is 11.2 Å². The number of carboxylic acids is 1. The van der Waals surface area contributed by atoms with Gasteiger partial charge in [0.1, 0.15) is 6.07 Å². The molecule has 0 amide bonds. The molecule has 1 aromatic carbocycles. The number of hydrogen-bond acceptors (Lipinski definition) is 3. The standard InChI is InChI=1S/C12H8N2O2/c13-6-9-4-10-3-8(5-12(15)16)1-2-11(10)14-7-9/h1-4,7H,5H2,(H,15,16). The zero-order chi connectivity index (χ0) is 11.5. The van der Waals surface area contributed by atoms with E-state index in [0.717, 1.165) is 10.9 Å². The first-order chi connectivity index (χ1) is 7.69. The van der Waals surface area contributed by atoms with Crippen molar-refractivity contribution in [2.45, 2.75) is 6.42 Å². The van der Waals surface area contributed by atoms with Gasteiger partial charge in [0.2, 0.25) is 0 Å². The quantitative estimate of drug-likeness (QED) is 0.822. The maximum atomic E-state index is 10.6. The Morgan fingerprint density at radius 2 is 2.25 bits per heavy atom. The van der Waals surface area contributed by atoms with E-state index in [1.165, 1.54) is 6.20 Å². The van der Waals surface area contributed by atoms with E-state index in [1.54, 1.807) is 24.3 Å². The maximum Gasteiger partial charge on any atom is 0.307 e. The van der Waals surface area contributed by atoms with Crippen molar-refractivity contribution in [3.8, 4) is 6.07 Å². The largest absolute Gasteiger partial charge is 0.481 e. The van der Waals surface area contributed by atoms with Crippen LogP contribution in [0.15, 0.2) is 30.5 Å². The summed E-state index contributed by atoms with van der Waals surface area (Å²) < 4.78 is 0. The highest BCUT2D eigenvalue weighted by Crippen LogP contribution is 2.15. The van der Waals surface area contributed by atoms with Gasteiger partial charge in [-0.15, -0.1) is 0 Å². The molecular formula is C12H8N2O2. The number of rotatable bonds is 2. The molecule has 0 spiro atoms. The van der Waals surface area contributed by atoms with E-state index < -0.39 is 5.97 Å². The molecule has 0 aliphatic heterocycles. The molecule has 1 aromatic heterocycles. The van der Waals surface area contributed by atoms with Crippen LogP contribution in [0.1, 0.15) is 11.1 Å². The molecule has 0 aliphatic carbocycles. The number of aromatic nitrogens is 1. The van der Waals surface area contributed by atoms with Crippen LogP contribution in [0, 0.1) is 11.3 Å². The smallest absolute Gasteiger partial charge is 0.307 e. The van der Waals surface area contributed by atoms with E-state index in [9.17, 15) is 4.79 Å². The zero-order valence-electron chi connectivity index (χ0n) is 8.34. The van der Waals surface area contributed by atoms with Crippen LogP contribution in [0.2, 0.25) is 0 Å². The predicted octanol–water partition coefficient (Wildman–Crippen LogP) is 1.73. The fraction of sp³-hybridized carbons (Fsp3) is 0.0833. The van der Waals surface area contributed by atoms with Gasteiger partial charge in [0.25, 0.3) is 0 Å². The maximum absolute atomic E-state index is 10.6. The summed E-state index contributed by atoms with van der Waals surface area (Å²) in [6.45, 7) is 0. The average Bonchev–Trinajstić information content (AvgIpc) is 2.27. The van der Waals surface area contributed by atoms with E-state index in [4.69, 9.17) is 10.4 Å². The van der Waals surface area contributed by atoms with Crippen LogP contribution in [-0.4, -0.2) is 16.1 Å². The number of nitriles is 1. The summed E-state index contributed by atoms with van der Waals surface area (Å²) in [6, 6.07) is 8.94. The molecule has 1 N–H and O–H groups in total. The van der Waals surface area contributed by atoms with Gasteiger partial charge in [-0.05, 0) is 23.8 Å². The number of carboxylic acid groups (broad SMARTS) is 1. The topological polar surface area (TPSA) is 74.0 Å². The first-order valence-corrected chi connectivity index (χ1v) is 4.69. The molecule has 0 atom stereocenters. The van der Waals surface area contributed by atoms with Gasteiger partial charge in [0.15, 0.2) is 0 Å². The Hall–Kier alpha value is -2.41. The third-order valence-electron chi connectivity index (χ3n) is 2.23. The Morgan fingerprint density at radius 1 is 1.44 bits per heavy atom. The lowest BCUT2D eigenvalue weighted by Gasteiger charge is -2.00. The third kappa shape index (κ3) is 1.98. The molecule has 1 heterocycles. The zero-order valence-corrected chi connectivity index (χ0v) is 8.34. The Bertz CT molecular complexity index is 599. The molecule has 0 saturated heterocycles. The Labute approximate surface area is 91.8 Å². The van der Waals surface area contributed by atoms with Gasteiger partial charge in [0.05, 0.1) is 17.5 Å². The lowest BCUT2D eigenvalue weighted by molar-refractivity contribution is -0.136. The van der Waals surface area contributed by atoms with Crippen molar-refractivity contribution < 1.29 is 9.90 Å². The first-order valence-electron chi connectivity index (χ1n) is 4.69. The second-order valence-electron chi connectivity index (χ2n) is 3.43. The minimum atomic E-state index is -0.872. The summed E-state index contributed by atoms with van der Waals surface area (Å²) >= 11 is 0. The lowest BCUT2D eigenvalue weighted by Crippen LogP contribution is -1.99. The molecule has 0 fully saturated rings.